The Kier molecular flexibility index (Phi) is 1.85. The summed E-state index contributed by atoms with van der Waals surface area (Å²) in [7, 11) is 0. The molecule has 0 amide bonds. The zero-order chi connectivity index (χ0) is 10.1. The van der Waals surface area contributed by atoms with Gasteiger partial charge in [-0.1, -0.05) is 24.3 Å². The van der Waals surface area contributed by atoms with Crippen molar-refractivity contribution < 1.29 is 0 Å². The lowest BCUT2D eigenvalue weighted by molar-refractivity contribution is 1.12. The summed E-state index contributed by atoms with van der Waals surface area (Å²) in [5.74, 6) is 0. The molecule has 0 saturated heterocycles. The molecule has 2 aromatic rings. The molecule has 72 valence electrons. The van der Waals surface area contributed by atoms with Gasteiger partial charge in [0, 0.05) is 12.4 Å². The van der Waals surface area contributed by atoms with Crippen LogP contribution in [0.25, 0.3) is 12.2 Å². The maximum atomic E-state index is 4.41. The largest absolute Gasteiger partial charge is 0.254 e. The van der Waals surface area contributed by atoms with Gasteiger partial charge >= 0.3 is 0 Å². The van der Waals surface area contributed by atoms with E-state index in [1.807, 2.05) is 24.5 Å². The van der Waals surface area contributed by atoms with E-state index in [-0.39, 0.29) is 0 Å². The Hall–Kier alpha value is -1.96. The van der Waals surface area contributed by atoms with Crippen molar-refractivity contribution in [2.75, 3.05) is 0 Å². The highest BCUT2D eigenvalue weighted by Gasteiger charge is 1.94. The van der Waals surface area contributed by atoms with Gasteiger partial charge in [0.05, 0.1) is 10.7 Å². The Morgan fingerprint density at radius 1 is 0.800 bits per heavy atom. The summed E-state index contributed by atoms with van der Waals surface area (Å²) < 4.78 is 0. The van der Waals surface area contributed by atoms with Gasteiger partial charge in [0.2, 0.25) is 0 Å². The van der Waals surface area contributed by atoms with Crippen molar-refractivity contribution in [1.29, 1.82) is 0 Å². The van der Waals surface area contributed by atoms with Gasteiger partial charge in [-0.2, -0.15) is 0 Å². The highest BCUT2D eigenvalue weighted by atomic mass is 14.7. The SMILES string of the molecule is C1=c2cccnc2=c2ncccc2=CC1. The van der Waals surface area contributed by atoms with Crippen LogP contribution in [0.5, 0.6) is 0 Å². The predicted octanol–water partition coefficient (Wildman–Crippen LogP) is 0.728. The molecule has 2 nitrogen and oxygen atoms in total. The van der Waals surface area contributed by atoms with Crippen LogP contribution in [0.4, 0.5) is 0 Å². The summed E-state index contributed by atoms with van der Waals surface area (Å²) in [5, 5.41) is 4.32. The zero-order valence-electron chi connectivity index (χ0n) is 8.22. The number of rotatable bonds is 0. The highest BCUT2D eigenvalue weighted by molar-refractivity contribution is 5.40. The fourth-order valence-corrected chi connectivity index (χ4v) is 1.87. The van der Waals surface area contributed by atoms with Crippen molar-refractivity contribution >= 4 is 12.2 Å². The van der Waals surface area contributed by atoms with E-state index in [1.165, 1.54) is 10.4 Å². The van der Waals surface area contributed by atoms with Crippen molar-refractivity contribution in [1.82, 2.24) is 9.97 Å². The van der Waals surface area contributed by atoms with Gasteiger partial charge in [0.15, 0.2) is 0 Å². The van der Waals surface area contributed by atoms with Crippen LogP contribution in [0.3, 0.4) is 0 Å². The predicted molar refractivity (Wildman–Crippen MR) is 58.9 cm³/mol. The van der Waals surface area contributed by atoms with Gasteiger partial charge in [-0.3, -0.25) is 9.97 Å². The number of fused-ring (bicyclic) bond motifs is 2. The summed E-state index contributed by atoms with van der Waals surface area (Å²) in [6.45, 7) is 0. The molecule has 0 bridgehead atoms. The molecule has 2 heteroatoms. The molecule has 15 heavy (non-hydrogen) atoms. The molecular formula is C13H10N2. The Bertz CT molecular complexity index is 640. The molecule has 0 N–H and O–H groups in total. The Labute approximate surface area is 86.9 Å². The normalized spacial score (nSPS) is 12.8. The average molecular weight is 194 g/mol. The van der Waals surface area contributed by atoms with Crippen molar-refractivity contribution in [3.05, 3.63) is 57.8 Å². The van der Waals surface area contributed by atoms with E-state index in [2.05, 4.69) is 34.3 Å². The van der Waals surface area contributed by atoms with E-state index in [0.717, 1.165) is 17.1 Å². The fourth-order valence-electron chi connectivity index (χ4n) is 1.87. The fraction of sp³-hybridized carbons (Fsp3) is 0.0769. The zero-order valence-corrected chi connectivity index (χ0v) is 8.22. The Balaban J connectivity index is 2.73. The van der Waals surface area contributed by atoms with Crippen LogP contribution in [0.1, 0.15) is 6.42 Å². The molecule has 1 aliphatic carbocycles. The van der Waals surface area contributed by atoms with Crippen molar-refractivity contribution in [3.63, 3.8) is 0 Å². The number of hydrogen-bond donors (Lipinski definition) is 0. The van der Waals surface area contributed by atoms with Gasteiger partial charge in [0.1, 0.15) is 0 Å². The maximum Gasteiger partial charge on any atom is 0.0961 e. The third-order valence-electron chi connectivity index (χ3n) is 2.58. The second-order valence-corrected chi connectivity index (χ2v) is 3.53. The molecule has 0 saturated carbocycles. The van der Waals surface area contributed by atoms with Crippen molar-refractivity contribution in [3.8, 4) is 0 Å². The first-order valence-electron chi connectivity index (χ1n) is 5.02. The number of aromatic nitrogens is 2. The van der Waals surface area contributed by atoms with E-state index in [4.69, 9.17) is 0 Å². The van der Waals surface area contributed by atoms with E-state index in [0.29, 0.717) is 0 Å². The third-order valence-corrected chi connectivity index (χ3v) is 2.58. The quantitative estimate of drug-likeness (QED) is 0.618. The van der Waals surface area contributed by atoms with Crippen LogP contribution >= 0.6 is 0 Å². The number of nitrogens with zero attached hydrogens (tertiary/aromatic N) is 2. The minimum Gasteiger partial charge on any atom is -0.254 e. The highest BCUT2D eigenvalue weighted by Crippen LogP contribution is 1.90. The minimum absolute atomic E-state index is 0.942. The summed E-state index contributed by atoms with van der Waals surface area (Å²) in [6.07, 6.45) is 8.94. The van der Waals surface area contributed by atoms with E-state index < -0.39 is 0 Å². The number of pyridine rings is 2. The van der Waals surface area contributed by atoms with E-state index in [9.17, 15) is 0 Å². The van der Waals surface area contributed by atoms with Gasteiger partial charge in [-0.25, -0.2) is 0 Å². The molecule has 2 aromatic heterocycles. The number of hydrogen-bond acceptors (Lipinski definition) is 2. The first kappa shape index (κ1) is 8.36. The molecule has 2 heterocycles. The molecule has 0 aromatic carbocycles. The average Bonchev–Trinajstić information content (AvgIpc) is 2.48. The second-order valence-electron chi connectivity index (χ2n) is 3.53. The van der Waals surface area contributed by atoms with Gasteiger partial charge in [0.25, 0.3) is 0 Å². The lowest BCUT2D eigenvalue weighted by Crippen LogP contribution is -2.09. The Morgan fingerprint density at radius 3 is 1.87 bits per heavy atom. The second kappa shape index (κ2) is 3.31. The lowest BCUT2D eigenvalue weighted by atomic mass is 10.3. The molecule has 0 atom stereocenters. The standard InChI is InChI=1S/C13H10N2/c1-4-10-6-2-8-14-12(10)13-11(5-1)7-3-9-15-13/h2-9H,1H2. The maximum absolute atomic E-state index is 4.41. The van der Waals surface area contributed by atoms with E-state index in [1.54, 1.807) is 0 Å². The summed E-state index contributed by atoms with van der Waals surface area (Å²) >= 11 is 0. The van der Waals surface area contributed by atoms with Crippen molar-refractivity contribution in [2.24, 2.45) is 0 Å². The third kappa shape index (κ3) is 1.34. The molecule has 1 aliphatic rings. The van der Waals surface area contributed by atoms with Gasteiger partial charge in [-0.15, -0.1) is 0 Å². The smallest absolute Gasteiger partial charge is 0.0961 e. The molecule has 0 unspecified atom stereocenters. The first-order valence-corrected chi connectivity index (χ1v) is 5.02. The molecule has 0 fully saturated rings. The summed E-state index contributed by atoms with van der Waals surface area (Å²) in [5.41, 5.74) is 0. The van der Waals surface area contributed by atoms with Crippen LogP contribution in [0.15, 0.2) is 36.7 Å². The lowest BCUT2D eigenvalue weighted by Gasteiger charge is -1.89. The van der Waals surface area contributed by atoms with Crippen LogP contribution < -0.4 is 10.4 Å². The summed E-state index contributed by atoms with van der Waals surface area (Å²) in [6, 6.07) is 8.09. The minimum atomic E-state index is 0.942. The van der Waals surface area contributed by atoms with Crippen LogP contribution in [0.2, 0.25) is 0 Å². The van der Waals surface area contributed by atoms with Crippen LogP contribution in [-0.4, -0.2) is 9.97 Å². The molecule has 0 aliphatic heterocycles. The van der Waals surface area contributed by atoms with Gasteiger partial charge < -0.3 is 0 Å². The molecule has 3 rings (SSSR count). The van der Waals surface area contributed by atoms with Crippen molar-refractivity contribution in [2.45, 2.75) is 6.42 Å². The van der Waals surface area contributed by atoms with Crippen LogP contribution in [-0.2, 0) is 0 Å². The topological polar surface area (TPSA) is 25.8 Å². The van der Waals surface area contributed by atoms with Gasteiger partial charge in [-0.05, 0) is 29.0 Å². The molecule has 0 spiro atoms. The molecule has 0 radical (unpaired) electrons. The molecular weight excluding hydrogens is 184 g/mol. The van der Waals surface area contributed by atoms with Crippen LogP contribution in [0, 0.1) is 10.7 Å². The van der Waals surface area contributed by atoms with E-state index >= 15 is 0 Å². The Morgan fingerprint density at radius 2 is 1.33 bits per heavy atom. The monoisotopic (exact) mass is 194 g/mol. The summed E-state index contributed by atoms with van der Waals surface area (Å²) in [4.78, 5) is 8.81. The first-order chi connectivity index (χ1) is 7.45.